The van der Waals surface area contributed by atoms with Crippen LogP contribution in [0.1, 0.15) is 47.7 Å². The average Bonchev–Trinajstić information content (AvgIpc) is 3.62. The van der Waals surface area contributed by atoms with E-state index in [2.05, 4.69) is 36.2 Å². The van der Waals surface area contributed by atoms with E-state index in [9.17, 15) is 9.90 Å². The summed E-state index contributed by atoms with van der Waals surface area (Å²) in [6, 6.07) is 16.8. The fraction of sp³-hybridized carbons (Fsp3) is 0.349. The zero-order chi connectivity index (χ0) is 39.3. The molecule has 57 heavy (non-hydrogen) atoms. The van der Waals surface area contributed by atoms with Crippen molar-refractivity contribution in [1.29, 1.82) is 0 Å². The van der Waals surface area contributed by atoms with Crippen LogP contribution in [0.3, 0.4) is 0 Å². The number of carboxylic acids is 1. The van der Waals surface area contributed by atoms with Crippen molar-refractivity contribution < 1.29 is 24.1 Å². The maximum Gasteiger partial charge on any atom is 0.345 e. The smallest absolute Gasteiger partial charge is 0.345 e. The highest BCUT2D eigenvalue weighted by molar-refractivity contribution is 7.13. The number of aromatic nitrogens is 5. The van der Waals surface area contributed by atoms with E-state index in [1.54, 1.807) is 24.7 Å². The molecule has 2 fully saturated rings. The molecule has 5 heterocycles. The summed E-state index contributed by atoms with van der Waals surface area (Å²) >= 11 is 8.30. The van der Waals surface area contributed by atoms with Gasteiger partial charge in [0.25, 0.3) is 0 Å². The van der Waals surface area contributed by atoms with Crippen LogP contribution in [0.25, 0.3) is 32.6 Å². The Hall–Kier alpha value is -5.21. The maximum atomic E-state index is 12.9. The predicted molar refractivity (Wildman–Crippen MR) is 220 cm³/mol. The number of pyridine rings is 2. The Kier molecular flexibility index (Phi) is 11.9. The van der Waals surface area contributed by atoms with Crippen molar-refractivity contribution in [3.8, 4) is 39.9 Å². The Labute approximate surface area is 340 Å². The molecule has 6 aromatic rings. The van der Waals surface area contributed by atoms with Crippen molar-refractivity contribution in [1.82, 2.24) is 34.1 Å². The molecule has 294 valence electrons. The number of halogens is 1. The van der Waals surface area contributed by atoms with Crippen molar-refractivity contribution in [2.75, 3.05) is 46.4 Å². The zero-order valence-electron chi connectivity index (χ0n) is 31.9. The van der Waals surface area contributed by atoms with Gasteiger partial charge >= 0.3 is 5.97 Å². The van der Waals surface area contributed by atoms with Crippen LogP contribution in [-0.4, -0.2) is 97.7 Å². The molecule has 0 unspecified atom stereocenters. The van der Waals surface area contributed by atoms with Gasteiger partial charge in [-0.05, 0) is 85.4 Å². The fourth-order valence-electron chi connectivity index (χ4n) is 7.26. The number of rotatable bonds is 15. The van der Waals surface area contributed by atoms with E-state index in [1.165, 1.54) is 11.5 Å². The molecule has 1 atom stereocenters. The predicted octanol–water partition coefficient (Wildman–Crippen LogP) is 7.72. The first kappa shape index (κ1) is 38.7. The van der Waals surface area contributed by atoms with Crippen molar-refractivity contribution in [3.63, 3.8) is 0 Å². The van der Waals surface area contributed by atoms with Gasteiger partial charge in [0, 0.05) is 81.0 Å². The summed E-state index contributed by atoms with van der Waals surface area (Å²) in [5.41, 5.74) is 5.79. The van der Waals surface area contributed by atoms with Gasteiger partial charge in [0.1, 0.15) is 24.7 Å². The SMILES string of the molecule is Cc1c(-c2c(C3CCC3)ncc3snc(O[C@H](Cc4ccccc4OCc4ccnc(-c5ccncc5)n4)C(=O)O)c23)ccc(OCCN2CCN(C)CC2)c1Cl. The van der Waals surface area contributed by atoms with Crippen molar-refractivity contribution in [2.45, 2.75) is 51.2 Å². The van der Waals surface area contributed by atoms with Gasteiger partial charge < -0.3 is 24.2 Å². The molecule has 14 heteroatoms. The molecule has 1 saturated carbocycles. The Morgan fingerprint density at radius 2 is 1.79 bits per heavy atom. The fourth-order valence-corrected chi connectivity index (χ4v) is 8.18. The minimum Gasteiger partial charge on any atom is -0.491 e. The molecule has 4 aromatic heterocycles. The minimum atomic E-state index is -1.26. The summed E-state index contributed by atoms with van der Waals surface area (Å²) in [6.07, 6.45) is 8.86. The third-order valence-corrected chi connectivity index (χ3v) is 12.1. The summed E-state index contributed by atoms with van der Waals surface area (Å²) in [4.78, 5) is 35.7. The molecule has 0 bridgehead atoms. The second-order valence-electron chi connectivity index (χ2n) is 14.6. The highest BCUT2D eigenvalue weighted by Gasteiger charge is 2.31. The number of piperazine rings is 1. The van der Waals surface area contributed by atoms with Gasteiger partial charge in [-0.3, -0.25) is 14.9 Å². The summed E-state index contributed by atoms with van der Waals surface area (Å²) < 4.78 is 24.3. The monoisotopic (exact) mass is 805 g/mol. The highest BCUT2D eigenvalue weighted by Crippen LogP contribution is 2.48. The van der Waals surface area contributed by atoms with Crippen LogP contribution in [0.5, 0.6) is 17.4 Å². The van der Waals surface area contributed by atoms with E-state index < -0.39 is 12.1 Å². The van der Waals surface area contributed by atoms with Gasteiger partial charge in [-0.15, -0.1) is 0 Å². The number of benzene rings is 2. The average molecular weight is 806 g/mol. The van der Waals surface area contributed by atoms with Crippen molar-refractivity contribution in [2.24, 2.45) is 0 Å². The molecule has 8 rings (SSSR count). The number of hydrogen-bond acceptors (Lipinski definition) is 12. The van der Waals surface area contributed by atoms with Crippen LogP contribution in [0, 0.1) is 6.92 Å². The van der Waals surface area contributed by atoms with E-state index >= 15 is 0 Å². The number of carboxylic acid groups (broad SMARTS) is 1. The van der Waals surface area contributed by atoms with E-state index in [0.717, 1.165) is 90.0 Å². The molecule has 0 radical (unpaired) electrons. The molecular formula is C43H44ClN7O5S. The van der Waals surface area contributed by atoms with Crippen LogP contribution in [0.15, 0.2) is 79.4 Å². The van der Waals surface area contributed by atoms with Crippen LogP contribution < -0.4 is 14.2 Å². The number of nitrogens with zero attached hydrogens (tertiary/aromatic N) is 7. The van der Waals surface area contributed by atoms with E-state index in [1.807, 2.05) is 61.7 Å². The largest absolute Gasteiger partial charge is 0.491 e. The topological polar surface area (TPSA) is 136 Å². The number of carbonyl (C=O) groups is 1. The third kappa shape index (κ3) is 8.71. The van der Waals surface area contributed by atoms with Crippen molar-refractivity contribution >= 4 is 39.2 Å². The summed E-state index contributed by atoms with van der Waals surface area (Å²) in [5.74, 6) is 1.15. The van der Waals surface area contributed by atoms with Gasteiger partial charge in [0.05, 0.1) is 26.5 Å². The Morgan fingerprint density at radius 1 is 0.982 bits per heavy atom. The number of aliphatic carboxylic acids is 1. The molecule has 2 aliphatic rings. The molecule has 2 aromatic carbocycles. The van der Waals surface area contributed by atoms with Crippen LogP contribution in [0.4, 0.5) is 0 Å². The standard InChI is InChI=1S/C43H44ClN7O5S/c1-27-32(10-11-34(39(27)44)54-23-22-51-20-18-50(2)19-21-51)37-38-36(25-47-40(37)28-7-5-8-28)57-49-42(38)56-35(43(52)53)24-30-6-3-4-9-33(30)55-26-31-14-17-46-41(48-31)29-12-15-45-16-13-29/h3-4,6,9-17,25,28,35H,5,7-8,18-24,26H2,1-2H3,(H,52,53)/t35-/m1/s1. The number of para-hydroxylation sites is 1. The first-order valence-corrected chi connectivity index (χ1v) is 20.4. The number of likely N-dealkylation sites (N-methyl/N-ethyl adjacent to an activating group) is 1. The number of fused-ring (bicyclic) bond motifs is 1. The number of hydrogen-bond donors (Lipinski definition) is 1. The molecule has 1 aliphatic heterocycles. The molecule has 0 spiro atoms. The van der Waals surface area contributed by atoms with Crippen molar-refractivity contribution in [3.05, 3.63) is 107 Å². The quantitative estimate of drug-likeness (QED) is 0.109. The second-order valence-corrected chi connectivity index (χ2v) is 15.8. The van der Waals surface area contributed by atoms with Crippen LogP contribution in [-0.2, 0) is 17.8 Å². The Balaban J connectivity index is 1.04. The minimum absolute atomic E-state index is 0.0392. The first-order chi connectivity index (χ1) is 27.8. The zero-order valence-corrected chi connectivity index (χ0v) is 33.5. The van der Waals surface area contributed by atoms with E-state index in [-0.39, 0.29) is 24.8 Å². The third-order valence-electron chi connectivity index (χ3n) is 10.8. The molecule has 1 N–H and O–H groups in total. The lowest BCUT2D eigenvalue weighted by molar-refractivity contribution is -0.145. The summed E-state index contributed by atoms with van der Waals surface area (Å²) in [7, 11) is 2.15. The van der Waals surface area contributed by atoms with Gasteiger partial charge in [0.2, 0.25) is 12.0 Å². The summed E-state index contributed by atoms with van der Waals surface area (Å²) in [5, 5.41) is 11.8. The first-order valence-electron chi connectivity index (χ1n) is 19.3. The van der Waals surface area contributed by atoms with Gasteiger partial charge in [-0.2, -0.15) is 4.37 Å². The normalized spacial score (nSPS) is 15.6. The van der Waals surface area contributed by atoms with Gasteiger partial charge in [-0.1, -0.05) is 42.3 Å². The van der Waals surface area contributed by atoms with E-state index in [0.29, 0.717) is 40.2 Å². The number of ether oxygens (including phenoxy) is 3. The second kappa shape index (κ2) is 17.5. The highest BCUT2D eigenvalue weighted by atomic mass is 35.5. The lowest BCUT2D eigenvalue weighted by Gasteiger charge is -2.32. The Bertz CT molecular complexity index is 2350. The Morgan fingerprint density at radius 3 is 2.56 bits per heavy atom. The maximum absolute atomic E-state index is 12.9. The van der Waals surface area contributed by atoms with Crippen LogP contribution >= 0.6 is 23.1 Å². The van der Waals surface area contributed by atoms with Gasteiger partial charge in [0.15, 0.2) is 5.82 Å². The molecular weight excluding hydrogens is 762 g/mol. The van der Waals surface area contributed by atoms with Gasteiger partial charge in [-0.25, -0.2) is 14.8 Å². The lowest BCUT2D eigenvalue weighted by Crippen LogP contribution is -2.45. The van der Waals surface area contributed by atoms with E-state index in [4.69, 9.17) is 30.8 Å². The van der Waals surface area contributed by atoms with Crippen LogP contribution in [0.2, 0.25) is 5.02 Å². The molecule has 1 saturated heterocycles. The molecule has 12 nitrogen and oxygen atoms in total. The lowest BCUT2D eigenvalue weighted by atomic mass is 9.79. The summed E-state index contributed by atoms with van der Waals surface area (Å²) in [6.45, 7) is 7.67. The molecule has 1 aliphatic carbocycles. The molecule has 0 amide bonds.